The van der Waals surface area contributed by atoms with E-state index in [4.69, 9.17) is 14.2 Å². The number of rotatable bonds is 16. The maximum absolute atomic E-state index is 13.1. The normalized spacial score (nSPS) is 17.1. The van der Waals surface area contributed by atoms with Crippen molar-refractivity contribution in [1.29, 1.82) is 0 Å². The van der Waals surface area contributed by atoms with E-state index in [1.807, 2.05) is 0 Å². The first kappa shape index (κ1) is 49.2. The summed E-state index contributed by atoms with van der Waals surface area (Å²) in [4.78, 5) is 40.7. The van der Waals surface area contributed by atoms with Gasteiger partial charge in [0.2, 0.25) is 0 Å². The van der Waals surface area contributed by atoms with Crippen LogP contribution in [0.4, 0.5) is 22.7 Å². The molecular formula is C59H68N3O6+. The second kappa shape index (κ2) is 21.9. The number of likely N-dealkylation sites (N-methyl/N-ethyl adjacent to an activating group) is 1. The van der Waals surface area contributed by atoms with E-state index in [0.29, 0.717) is 0 Å². The quantitative estimate of drug-likeness (QED) is 0.0437. The van der Waals surface area contributed by atoms with Gasteiger partial charge in [0.05, 0.1) is 25.9 Å². The number of nitrogens with one attached hydrogen (secondary N) is 2. The van der Waals surface area contributed by atoms with Crippen LogP contribution in [0.3, 0.4) is 0 Å². The SMILES string of the molecule is C=C(C)C(=O)OCCOC(=O)CCC(=O)OC1CCCCC1Nc1ccc(C(=C2C=CC([NH+](C)c3c(C)cc(C)cc3C)C=C2)c2ccc(N(C)c3c(C)cc(C)cc3C)cc2)c2ccccc12. The largest absolute Gasteiger partial charge is 0.462 e. The van der Waals surface area contributed by atoms with Gasteiger partial charge in [-0.2, -0.15) is 0 Å². The second-order valence-electron chi connectivity index (χ2n) is 18.8. The number of quaternary nitrogens is 1. The first-order valence-electron chi connectivity index (χ1n) is 24.0. The number of allylic oxidation sites excluding steroid dienone is 3. The number of fused-ring (bicyclic) bond motifs is 1. The molecule has 354 valence electrons. The fourth-order valence-corrected chi connectivity index (χ4v) is 10.3. The standard InChI is InChI=1S/C59H67N3O6/c1-37(2)59(65)67-32-31-66-54(63)29-30-55(64)68-53-18-14-13-17-52(53)60-51-28-27-50(48-15-11-12-16-49(48)51)56(44-19-23-46(24-20-44)61(9)57-40(5)33-38(3)34-41(57)6)45-21-25-47(26-22-45)62(10)58-42(7)35-39(4)36-43(58)8/h11-12,15-16,19-28,33-36,46,52-53,60H,1,13-14,17-18,29-32H2,2-10H3/p+1. The number of hydrogen-bond acceptors (Lipinski definition) is 8. The predicted octanol–water partition coefficient (Wildman–Crippen LogP) is 11.3. The minimum atomic E-state index is -0.553. The molecule has 2 N–H and O–H groups in total. The molecule has 0 saturated heterocycles. The lowest BCUT2D eigenvalue weighted by molar-refractivity contribution is -0.824. The number of aryl methyl sites for hydroxylation is 6. The number of benzene rings is 5. The summed E-state index contributed by atoms with van der Waals surface area (Å²) in [6.45, 7) is 18.0. The van der Waals surface area contributed by atoms with Gasteiger partial charge in [0.15, 0.2) is 0 Å². The summed E-state index contributed by atoms with van der Waals surface area (Å²) >= 11 is 0. The third-order valence-corrected chi connectivity index (χ3v) is 13.3. The van der Waals surface area contributed by atoms with Crippen LogP contribution in [0, 0.1) is 41.5 Å². The van der Waals surface area contributed by atoms with E-state index in [1.165, 1.54) is 49.7 Å². The number of anilines is 3. The molecule has 9 heteroatoms. The summed E-state index contributed by atoms with van der Waals surface area (Å²) < 4.78 is 16.2. The van der Waals surface area contributed by atoms with Crippen molar-refractivity contribution in [3.05, 3.63) is 171 Å². The Morgan fingerprint density at radius 3 is 1.97 bits per heavy atom. The topological polar surface area (TPSA) is 98.6 Å². The van der Waals surface area contributed by atoms with Crippen LogP contribution in [-0.4, -0.2) is 63.4 Å². The van der Waals surface area contributed by atoms with Crippen molar-refractivity contribution < 1.29 is 33.5 Å². The summed E-state index contributed by atoms with van der Waals surface area (Å²) in [6, 6.07) is 31.0. The Bertz CT molecular complexity index is 2740. The van der Waals surface area contributed by atoms with Crippen molar-refractivity contribution in [3.63, 3.8) is 0 Å². The highest BCUT2D eigenvalue weighted by Gasteiger charge is 2.30. The molecule has 2 aliphatic rings. The van der Waals surface area contributed by atoms with Crippen LogP contribution in [0.1, 0.15) is 90.0 Å². The molecule has 0 heterocycles. The first-order chi connectivity index (χ1) is 32.6. The summed E-state index contributed by atoms with van der Waals surface area (Å²) in [5.74, 6) is -1.54. The lowest BCUT2D eigenvalue weighted by Crippen LogP contribution is -3.08. The van der Waals surface area contributed by atoms with Crippen LogP contribution in [0.2, 0.25) is 0 Å². The molecule has 0 radical (unpaired) electrons. The van der Waals surface area contributed by atoms with Crippen LogP contribution >= 0.6 is 0 Å². The van der Waals surface area contributed by atoms with Crippen LogP contribution in [-0.2, 0) is 28.6 Å². The fraction of sp³-hybridized carbons (Fsp3) is 0.339. The molecule has 0 bridgehead atoms. The number of ether oxygens (including phenoxy) is 3. The van der Waals surface area contributed by atoms with Gasteiger partial charge < -0.3 is 24.4 Å². The maximum Gasteiger partial charge on any atom is 0.333 e. The molecule has 68 heavy (non-hydrogen) atoms. The van der Waals surface area contributed by atoms with Crippen LogP contribution in [0.15, 0.2) is 127 Å². The molecule has 5 aromatic rings. The number of nitrogens with zero attached hydrogens (tertiary/aromatic N) is 1. The molecular weight excluding hydrogens is 847 g/mol. The third-order valence-electron chi connectivity index (χ3n) is 13.3. The van der Waals surface area contributed by atoms with E-state index in [2.05, 4.69) is 182 Å². The van der Waals surface area contributed by atoms with Crippen LogP contribution in [0.25, 0.3) is 16.3 Å². The summed E-state index contributed by atoms with van der Waals surface area (Å²) in [5, 5.41) is 6.00. The third kappa shape index (κ3) is 11.5. The van der Waals surface area contributed by atoms with Crippen molar-refractivity contribution in [3.8, 4) is 0 Å². The van der Waals surface area contributed by atoms with Gasteiger partial charge in [0, 0.05) is 46.2 Å². The van der Waals surface area contributed by atoms with Gasteiger partial charge in [-0.15, -0.1) is 0 Å². The van der Waals surface area contributed by atoms with Crippen molar-refractivity contribution in [2.24, 2.45) is 0 Å². The lowest BCUT2D eigenvalue weighted by Gasteiger charge is -2.33. The molecule has 0 aromatic heterocycles. The van der Waals surface area contributed by atoms with Gasteiger partial charge >= 0.3 is 17.9 Å². The number of carbonyl (C=O) groups is 3. The zero-order valence-electron chi connectivity index (χ0n) is 41.4. The van der Waals surface area contributed by atoms with Crippen LogP contribution in [0.5, 0.6) is 0 Å². The Hall–Kier alpha value is -6.71. The number of hydrogen-bond donors (Lipinski definition) is 2. The fourth-order valence-electron chi connectivity index (χ4n) is 10.3. The highest BCUT2D eigenvalue weighted by atomic mass is 16.6. The zero-order valence-corrected chi connectivity index (χ0v) is 41.4. The Balaban J connectivity index is 1.16. The van der Waals surface area contributed by atoms with E-state index in [0.717, 1.165) is 70.1 Å². The van der Waals surface area contributed by atoms with E-state index in [-0.39, 0.29) is 49.8 Å². The molecule has 3 atom stereocenters. The summed E-state index contributed by atoms with van der Waals surface area (Å²) in [6.07, 6.45) is 12.2. The first-order valence-corrected chi connectivity index (χ1v) is 24.0. The zero-order chi connectivity index (χ0) is 48.6. The maximum atomic E-state index is 13.1. The van der Waals surface area contributed by atoms with Gasteiger partial charge in [0.25, 0.3) is 0 Å². The Morgan fingerprint density at radius 2 is 1.32 bits per heavy atom. The Labute approximate surface area is 403 Å². The van der Waals surface area contributed by atoms with Crippen molar-refractivity contribution >= 4 is 57.0 Å². The predicted molar refractivity (Wildman–Crippen MR) is 276 cm³/mol. The molecule has 7 rings (SSSR count). The molecule has 0 amide bonds. The number of esters is 3. The minimum Gasteiger partial charge on any atom is -0.462 e. The van der Waals surface area contributed by atoms with Gasteiger partial charge in [-0.25, -0.2) is 4.79 Å². The van der Waals surface area contributed by atoms with E-state index < -0.39 is 17.9 Å². The minimum absolute atomic E-state index is 0.0766. The molecule has 3 unspecified atom stereocenters. The molecule has 1 fully saturated rings. The highest BCUT2D eigenvalue weighted by molar-refractivity contribution is 6.05. The van der Waals surface area contributed by atoms with Crippen molar-refractivity contribution in [2.75, 3.05) is 37.5 Å². The summed E-state index contributed by atoms with van der Waals surface area (Å²) in [5.41, 5.74) is 17.1. The Kier molecular flexibility index (Phi) is 15.9. The molecule has 9 nitrogen and oxygen atoms in total. The average molecular weight is 915 g/mol. The molecule has 2 aliphatic carbocycles. The molecule has 5 aromatic carbocycles. The van der Waals surface area contributed by atoms with Crippen molar-refractivity contribution in [1.82, 2.24) is 0 Å². The average Bonchev–Trinajstić information content (AvgIpc) is 3.30. The smallest absolute Gasteiger partial charge is 0.333 e. The van der Waals surface area contributed by atoms with Crippen LogP contribution < -0.4 is 15.1 Å². The molecule has 0 aliphatic heterocycles. The van der Waals surface area contributed by atoms with E-state index in [1.54, 1.807) is 6.92 Å². The molecule has 0 spiro atoms. The summed E-state index contributed by atoms with van der Waals surface area (Å²) in [7, 11) is 4.41. The highest BCUT2D eigenvalue weighted by Crippen LogP contribution is 2.40. The second-order valence-corrected chi connectivity index (χ2v) is 18.8. The van der Waals surface area contributed by atoms with Gasteiger partial charge in [-0.1, -0.05) is 103 Å². The molecule has 1 saturated carbocycles. The van der Waals surface area contributed by atoms with Gasteiger partial charge in [0.1, 0.15) is 31.0 Å². The van der Waals surface area contributed by atoms with E-state index in [9.17, 15) is 14.4 Å². The van der Waals surface area contributed by atoms with Gasteiger partial charge in [-0.05, 0) is 137 Å². The lowest BCUT2D eigenvalue weighted by atomic mass is 9.86. The Morgan fingerprint density at radius 1 is 0.735 bits per heavy atom. The van der Waals surface area contributed by atoms with Gasteiger partial charge in [-0.3, -0.25) is 14.5 Å². The van der Waals surface area contributed by atoms with E-state index >= 15 is 0 Å². The monoisotopic (exact) mass is 915 g/mol. The van der Waals surface area contributed by atoms with Crippen molar-refractivity contribution in [2.45, 2.75) is 105 Å². The number of carbonyl (C=O) groups excluding carboxylic acids is 3.